The maximum Gasteiger partial charge on any atom is 0.443 e. The molecular weight excluding hydrogens is 399 g/mol. The van der Waals surface area contributed by atoms with E-state index in [1.165, 1.54) is 0 Å². The zero-order valence-corrected chi connectivity index (χ0v) is 13.8. The van der Waals surface area contributed by atoms with Crippen LogP contribution in [0.4, 0.5) is 22.0 Å². The van der Waals surface area contributed by atoms with Crippen molar-refractivity contribution in [1.82, 2.24) is 0 Å². The van der Waals surface area contributed by atoms with Gasteiger partial charge in [-0.25, -0.2) is 4.79 Å². The second-order valence-corrected chi connectivity index (χ2v) is 6.91. The van der Waals surface area contributed by atoms with Gasteiger partial charge < -0.3 is 19.3 Å². The highest BCUT2D eigenvalue weighted by molar-refractivity contribution is 7.86. The van der Waals surface area contributed by atoms with Crippen molar-refractivity contribution < 1.29 is 59.0 Å². The zero-order valence-electron chi connectivity index (χ0n) is 13.0. The first-order chi connectivity index (χ1) is 11.6. The molecule has 8 nitrogen and oxygen atoms in total. The molecule has 1 fully saturated rings. The molecule has 0 aliphatic carbocycles. The van der Waals surface area contributed by atoms with Crippen molar-refractivity contribution in [2.24, 2.45) is 0 Å². The fraction of sp³-hybridized carbons (Fsp3) is 0.750. The smallest absolute Gasteiger partial charge is 0.443 e. The molecule has 0 aromatic heterocycles. The number of rotatable bonds is 7. The highest BCUT2D eigenvalue weighted by Crippen LogP contribution is 2.39. The van der Waals surface area contributed by atoms with Crippen molar-refractivity contribution >= 4 is 16.1 Å². The molecule has 1 rings (SSSR count). The number of hydrogen-bond acceptors (Lipinski definition) is 7. The minimum atomic E-state index is -5.72. The third-order valence-corrected chi connectivity index (χ3v) is 4.09. The van der Waals surface area contributed by atoms with Crippen molar-refractivity contribution in [3.8, 4) is 0 Å². The predicted molar refractivity (Wildman–Crippen MR) is 72.5 cm³/mol. The van der Waals surface area contributed by atoms with E-state index in [1.54, 1.807) is 0 Å². The summed E-state index contributed by atoms with van der Waals surface area (Å²) in [5, 5.41) is 4.76. The summed E-state index contributed by atoms with van der Waals surface area (Å²) >= 11 is 0. The zero-order chi connectivity index (χ0) is 20.4. The quantitative estimate of drug-likeness (QED) is 0.274. The number of hydrogen-bond donors (Lipinski definition) is 2. The first-order valence-corrected chi connectivity index (χ1v) is 8.27. The lowest BCUT2D eigenvalue weighted by molar-refractivity contribution is -0.383. The average Bonchev–Trinajstić information content (AvgIpc) is 2.44. The summed E-state index contributed by atoms with van der Waals surface area (Å²) in [5.74, 6) is -4.79. The Morgan fingerprint density at radius 2 is 1.88 bits per heavy atom. The summed E-state index contributed by atoms with van der Waals surface area (Å²) in [7, 11) is -5.72. The van der Waals surface area contributed by atoms with Gasteiger partial charge in [0.2, 0.25) is 0 Å². The molecule has 0 aromatic rings. The van der Waals surface area contributed by atoms with Gasteiger partial charge in [-0.2, -0.15) is 30.4 Å². The van der Waals surface area contributed by atoms with E-state index in [9.17, 15) is 40.3 Å². The van der Waals surface area contributed by atoms with Gasteiger partial charge in [0, 0.05) is 12.8 Å². The fourth-order valence-corrected chi connectivity index (χ4v) is 2.02. The summed E-state index contributed by atoms with van der Waals surface area (Å²) in [4.78, 5) is 11.7. The van der Waals surface area contributed by atoms with Crippen molar-refractivity contribution in [3.63, 3.8) is 0 Å². The molecule has 0 spiro atoms. The fourth-order valence-electron chi connectivity index (χ4n) is 1.79. The van der Waals surface area contributed by atoms with Gasteiger partial charge in [0.1, 0.15) is 12.7 Å². The number of aliphatic hydroxyl groups is 1. The van der Waals surface area contributed by atoms with Crippen LogP contribution in [0, 0.1) is 0 Å². The molecule has 26 heavy (non-hydrogen) atoms. The Bertz CT molecular complexity index is 646. The van der Waals surface area contributed by atoms with E-state index < -0.39 is 71.2 Å². The Morgan fingerprint density at radius 3 is 2.38 bits per heavy atom. The predicted octanol–water partition coefficient (Wildman–Crippen LogP) is 1.01. The molecule has 1 aliphatic rings. The monoisotopic (exact) mass is 414 g/mol. The Labute approximate surface area is 144 Å². The molecule has 1 saturated heterocycles. The third kappa shape index (κ3) is 5.57. The van der Waals surface area contributed by atoms with Crippen LogP contribution >= 0.6 is 0 Å². The second-order valence-electron chi connectivity index (χ2n) is 5.36. The first kappa shape index (κ1) is 22.7. The van der Waals surface area contributed by atoms with Gasteiger partial charge in [0.15, 0.2) is 0 Å². The molecule has 2 unspecified atom stereocenters. The Balaban J connectivity index is 2.54. The number of carbonyl (C=O) groups excluding carboxylic acids is 1. The standard InChI is InChI=1S/C12H15F5O8S/c1-7(5-23-6-11(13,14)26(20,21)22)9(18)25-8-2-3-24-10(19,4-8)12(15,16)17/h8,19H,1-6H2,(H,20,21,22). The third-order valence-electron chi connectivity index (χ3n) is 3.21. The molecule has 0 aromatic carbocycles. The summed E-state index contributed by atoms with van der Waals surface area (Å²) in [6.07, 6.45) is -7.78. The van der Waals surface area contributed by atoms with Crippen LogP contribution in [0.2, 0.25) is 0 Å². The van der Waals surface area contributed by atoms with Crippen molar-refractivity contribution in [1.29, 1.82) is 0 Å². The Morgan fingerprint density at radius 1 is 1.31 bits per heavy atom. The molecule has 0 saturated carbocycles. The van der Waals surface area contributed by atoms with Crippen LogP contribution in [-0.4, -0.2) is 67.2 Å². The summed E-state index contributed by atoms with van der Waals surface area (Å²) in [5.41, 5.74) is -0.599. The van der Waals surface area contributed by atoms with E-state index in [-0.39, 0.29) is 6.42 Å². The maximum absolute atomic E-state index is 12.9. The normalized spacial score (nSPS) is 25.0. The molecule has 14 heteroatoms. The van der Waals surface area contributed by atoms with E-state index in [1.807, 2.05) is 0 Å². The minimum Gasteiger partial charge on any atom is -0.459 e. The van der Waals surface area contributed by atoms with Gasteiger partial charge in [-0.1, -0.05) is 6.58 Å². The topological polar surface area (TPSA) is 119 Å². The summed E-state index contributed by atoms with van der Waals surface area (Å²) in [6.45, 7) is -0.166. The van der Waals surface area contributed by atoms with E-state index in [2.05, 4.69) is 20.8 Å². The highest BCUT2D eigenvalue weighted by Gasteiger charge is 2.58. The molecule has 2 atom stereocenters. The summed E-state index contributed by atoms with van der Waals surface area (Å²) in [6, 6.07) is 0. The molecule has 0 amide bonds. The molecular formula is C12H15F5O8S. The van der Waals surface area contributed by atoms with Gasteiger partial charge in [-0.3, -0.25) is 4.55 Å². The molecule has 1 aliphatic heterocycles. The van der Waals surface area contributed by atoms with Gasteiger partial charge in [-0.05, 0) is 0 Å². The number of esters is 1. The molecule has 152 valence electrons. The van der Waals surface area contributed by atoms with Crippen LogP contribution in [0.25, 0.3) is 0 Å². The lowest BCUT2D eigenvalue weighted by Gasteiger charge is -2.37. The van der Waals surface area contributed by atoms with E-state index in [0.29, 0.717) is 0 Å². The highest BCUT2D eigenvalue weighted by atomic mass is 32.2. The average molecular weight is 414 g/mol. The molecule has 0 radical (unpaired) electrons. The van der Waals surface area contributed by atoms with Crippen LogP contribution < -0.4 is 0 Å². The van der Waals surface area contributed by atoms with Crippen LogP contribution in [0.3, 0.4) is 0 Å². The van der Waals surface area contributed by atoms with Crippen molar-refractivity contribution in [2.45, 2.75) is 36.2 Å². The number of alkyl halides is 5. The van der Waals surface area contributed by atoms with Gasteiger partial charge in [-0.15, -0.1) is 0 Å². The van der Waals surface area contributed by atoms with Crippen LogP contribution in [0.5, 0.6) is 0 Å². The number of carbonyl (C=O) groups is 1. The van der Waals surface area contributed by atoms with E-state index >= 15 is 0 Å². The lowest BCUT2D eigenvalue weighted by Crippen LogP contribution is -2.53. The molecule has 1 heterocycles. The minimum absolute atomic E-state index is 0.168. The summed E-state index contributed by atoms with van der Waals surface area (Å²) < 4.78 is 106. The van der Waals surface area contributed by atoms with Gasteiger partial charge in [0.25, 0.3) is 5.79 Å². The van der Waals surface area contributed by atoms with Gasteiger partial charge in [0.05, 0.1) is 18.8 Å². The number of ether oxygens (including phenoxy) is 3. The van der Waals surface area contributed by atoms with Crippen LogP contribution in [0.15, 0.2) is 12.2 Å². The Hall–Kier alpha value is -1.35. The molecule has 0 bridgehead atoms. The van der Waals surface area contributed by atoms with E-state index in [4.69, 9.17) is 4.55 Å². The largest absolute Gasteiger partial charge is 0.459 e. The van der Waals surface area contributed by atoms with Crippen LogP contribution in [0.1, 0.15) is 12.8 Å². The Kier molecular flexibility index (Phi) is 6.74. The first-order valence-electron chi connectivity index (χ1n) is 6.83. The van der Waals surface area contributed by atoms with E-state index in [0.717, 1.165) is 0 Å². The number of halogens is 5. The molecule has 2 N–H and O–H groups in total. The van der Waals surface area contributed by atoms with Crippen molar-refractivity contribution in [3.05, 3.63) is 12.2 Å². The second kappa shape index (κ2) is 7.72. The van der Waals surface area contributed by atoms with Crippen molar-refractivity contribution in [2.75, 3.05) is 19.8 Å². The van der Waals surface area contributed by atoms with Crippen LogP contribution in [-0.2, 0) is 29.1 Å². The lowest BCUT2D eigenvalue weighted by atomic mass is 10.0. The maximum atomic E-state index is 12.9. The SMILES string of the molecule is C=C(COCC(F)(F)S(=O)(=O)O)C(=O)OC1CCOC(O)(C(F)(F)F)C1. The van der Waals surface area contributed by atoms with Gasteiger partial charge >= 0.3 is 27.5 Å².